The Balaban J connectivity index is 1.83. The summed E-state index contributed by atoms with van der Waals surface area (Å²) in [6.45, 7) is 5.62. The Morgan fingerprint density at radius 2 is 1.75 bits per heavy atom. The lowest BCUT2D eigenvalue weighted by Gasteiger charge is -2.34. The predicted octanol–water partition coefficient (Wildman–Crippen LogP) is 2.64. The first kappa shape index (κ1) is 24.5. The molecular formula is C23H35N3O5S. The summed E-state index contributed by atoms with van der Waals surface area (Å²) in [6.07, 6.45) is 5.33. The van der Waals surface area contributed by atoms with Crippen LogP contribution in [0.25, 0.3) is 0 Å². The van der Waals surface area contributed by atoms with Crippen LogP contribution in [-0.4, -0.2) is 68.8 Å². The van der Waals surface area contributed by atoms with E-state index in [0.29, 0.717) is 31.9 Å². The van der Waals surface area contributed by atoms with E-state index < -0.39 is 10.0 Å². The number of sulfonamides is 1. The molecule has 3 rings (SSSR count). The lowest BCUT2D eigenvalue weighted by molar-refractivity contribution is -0.125. The number of hydrogen-bond acceptors (Lipinski definition) is 5. The van der Waals surface area contributed by atoms with E-state index in [-0.39, 0.29) is 34.2 Å². The summed E-state index contributed by atoms with van der Waals surface area (Å²) in [4.78, 5) is 27.3. The summed E-state index contributed by atoms with van der Waals surface area (Å²) < 4.78 is 33.4. The minimum absolute atomic E-state index is 0.0348. The first-order valence-corrected chi connectivity index (χ1v) is 13.0. The third-order valence-electron chi connectivity index (χ3n) is 6.18. The molecule has 2 heterocycles. The molecule has 0 spiro atoms. The number of piperidine rings is 1. The largest absolute Gasteiger partial charge is 0.496 e. The molecule has 2 aliphatic heterocycles. The fourth-order valence-electron chi connectivity index (χ4n) is 4.26. The minimum atomic E-state index is -3.68. The maximum Gasteiger partial charge on any atom is 0.257 e. The summed E-state index contributed by atoms with van der Waals surface area (Å²) in [7, 11) is -2.21. The Morgan fingerprint density at radius 1 is 1.06 bits per heavy atom. The van der Waals surface area contributed by atoms with Crippen LogP contribution in [0.2, 0.25) is 0 Å². The van der Waals surface area contributed by atoms with Gasteiger partial charge in [-0.1, -0.05) is 26.7 Å². The highest BCUT2D eigenvalue weighted by molar-refractivity contribution is 7.89. The standard InChI is InChI=1S/C23H35N3O5S/c1-17(2)22(27)24-18-9-8-12-25(16-18)23(28)20-15-19(10-11-21(20)31-3)32(29,30)26-13-6-4-5-7-14-26/h10-11,15,17-18H,4-9,12-14,16H2,1-3H3,(H,24,27). The summed E-state index contributed by atoms with van der Waals surface area (Å²) in [5, 5.41) is 3.00. The van der Waals surface area contributed by atoms with Crippen LogP contribution >= 0.6 is 0 Å². The van der Waals surface area contributed by atoms with E-state index in [9.17, 15) is 18.0 Å². The number of benzene rings is 1. The Kier molecular flexibility index (Phi) is 8.16. The molecule has 0 saturated carbocycles. The molecule has 178 valence electrons. The second-order valence-electron chi connectivity index (χ2n) is 8.93. The average molecular weight is 466 g/mol. The maximum atomic E-state index is 13.4. The van der Waals surface area contributed by atoms with Gasteiger partial charge in [-0.2, -0.15) is 4.31 Å². The second kappa shape index (κ2) is 10.7. The van der Waals surface area contributed by atoms with Crippen molar-refractivity contribution in [3.8, 4) is 5.75 Å². The normalized spacial score (nSPS) is 20.6. The number of nitrogens with one attached hydrogen (secondary N) is 1. The molecule has 32 heavy (non-hydrogen) atoms. The first-order valence-electron chi connectivity index (χ1n) is 11.5. The molecule has 0 aliphatic carbocycles. The van der Waals surface area contributed by atoms with Crippen LogP contribution in [0.1, 0.15) is 62.7 Å². The van der Waals surface area contributed by atoms with Crippen molar-refractivity contribution in [3.63, 3.8) is 0 Å². The summed E-state index contributed by atoms with van der Waals surface area (Å²) in [6, 6.07) is 4.40. The lowest BCUT2D eigenvalue weighted by atomic mass is 10.0. The summed E-state index contributed by atoms with van der Waals surface area (Å²) in [5.74, 6) is -0.0918. The molecular weight excluding hydrogens is 430 g/mol. The van der Waals surface area contributed by atoms with Gasteiger partial charge in [0.1, 0.15) is 5.75 Å². The van der Waals surface area contributed by atoms with Gasteiger partial charge in [0.25, 0.3) is 5.91 Å². The zero-order chi connectivity index (χ0) is 23.3. The molecule has 2 fully saturated rings. The van der Waals surface area contributed by atoms with Gasteiger partial charge in [0.2, 0.25) is 15.9 Å². The van der Waals surface area contributed by atoms with Crippen molar-refractivity contribution >= 4 is 21.8 Å². The van der Waals surface area contributed by atoms with E-state index in [2.05, 4.69) is 5.32 Å². The second-order valence-corrected chi connectivity index (χ2v) is 10.9. The summed E-state index contributed by atoms with van der Waals surface area (Å²) in [5.41, 5.74) is 0.235. The van der Waals surface area contributed by atoms with Crippen LogP contribution in [0.4, 0.5) is 0 Å². The Hall–Kier alpha value is -2.13. The number of rotatable bonds is 6. The van der Waals surface area contributed by atoms with Crippen LogP contribution in [-0.2, 0) is 14.8 Å². The van der Waals surface area contributed by atoms with Crippen molar-refractivity contribution in [1.82, 2.24) is 14.5 Å². The molecule has 1 unspecified atom stereocenters. The fourth-order valence-corrected chi connectivity index (χ4v) is 5.81. The number of nitrogens with zero attached hydrogens (tertiary/aromatic N) is 2. The van der Waals surface area contributed by atoms with Crippen molar-refractivity contribution in [1.29, 1.82) is 0 Å². The number of amides is 2. The number of likely N-dealkylation sites (tertiary alicyclic amines) is 1. The van der Waals surface area contributed by atoms with Crippen molar-refractivity contribution in [2.75, 3.05) is 33.3 Å². The zero-order valence-corrected chi connectivity index (χ0v) is 20.1. The Bertz CT molecular complexity index is 924. The molecule has 8 nitrogen and oxygen atoms in total. The highest BCUT2D eigenvalue weighted by atomic mass is 32.2. The average Bonchev–Trinajstić information content (AvgIpc) is 3.08. The van der Waals surface area contributed by atoms with Gasteiger partial charge in [-0.25, -0.2) is 8.42 Å². The van der Waals surface area contributed by atoms with Crippen molar-refractivity contribution < 1.29 is 22.7 Å². The van der Waals surface area contributed by atoms with Crippen LogP contribution in [0.15, 0.2) is 23.1 Å². The third-order valence-corrected chi connectivity index (χ3v) is 8.08. The van der Waals surface area contributed by atoms with E-state index >= 15 is 0 Å². The molecule has 2 aliphatic rings. The number of carbonyl (C=O) groups excluding carboxylic acids is 2. The first-order chi connectivity index (χ1) is 15.2. The molecule has 1 N–H and O–H groups in total. The van der Waals surface area contributed by atoms with Crippen LogP contribution in [0.5, 0.6) is 5.75 Å². The van der Waals surface area contributed by atoms with Crippen LogP contribution in [0, 0.1) is 5.92 Å². The minimum Gasteiger partial charge on any atom is -0.496 e. The molecule has 0 aromatic heterocycles. The highest BCUT2D eigenvalue weighted by Crippen LogP contribution is 2.28. The van der Waals surface area contributed by atoms with Gasteiger partial charge in [0, 0.05) is 38.1 Å². The van der Waals surface area contributed by atoms with Gasteiger partial charge in [0.05, 0.1) is 17.6 Å². The molecule has 1 aromatic carbocycles. The van der Waals surface area contributed by atoms with Gasteiger partial charge in [0.15, 0.2) is 0 Å². The number of methoxy groups -OCH3 is 1. The van der Waals surface area contributed by atoms with Gasteiger partial charge in [-0.05, 0) is 43.9 Å². The molecule has 2 amide bonds. The molecule has 0 bridgehead atoms. The maximum absolute atomic E-state index is 13.4. The van der Waals surface area contributed by atoms with Gasteiger partial charge < -0.3 is 15.0 Å². The molecule has 9 heteroatoms. The van der Waals surface area contributed by atoms with E-state index in [4.69, 9.17) is 4.74 Å². The number of carbonyl (C=O) groups is 2. The lowest BCUT2D eigenvalue weighted by Crippen LogP contribution is -2.50. The summed E-state index contributed by atoms with van der Waals surface area (Å²) >= 11 is 0. The predicted molar refractivity (Wildman–Crippen MR) is 122 cm³/mol. The quantitative estimate of drug-likeness (QED) is 0.697. The Morgan fingerprint density at radius 3 is 2.38 bits per heavy atom. The van der Waals surface area contributed by atoms with E-state index in [1.807, 2.05) is 13.8 Å². The zero-order valence-electron chi connectivity index (χ0n) is 19.3. The van der Waals surface area contributed by atoms with Gasteiger partial charge >= 0.3 is 0 Å². The number of ether oxygens (including phenoxy) is 1. The number of hydrogen-bond donors (Lipinski definition) is 1. The van der Waals surface area contributed by atoms with Crippen molar-refractivity contribution in [3.05, 3.63) is 23.8 Å². The van der Waals surface area contributed by atoms with Crippen molar-refractivity contribution in [2.45, 2.75) is 63.3 Å². The van der Waals surface area contributed by atoms with Gasteiger partial charge in [-0.15, -0.1) is 0 Å². The molecule has 0 radical (unpaired) electrons. The third kappa shape index (κ3) is 5.61. The van der Waals surface area contributed by atoms with Crippen LogP contribution < -0.4 is 10.1 Å². The molecule has 1 atom stereocenters. The van der Waals surface area contributed by atoms with Crippen LogP contribution in [0.3, 0.4) is 0 Å². The highest BCUT2D eigenvalue weighted by Gasteiger charge is 2.30. The molecule has 2 saturated heterocycles. The van der Waals surface area contributed by atoms with E-state index in [1.165, 1.54) is 23.5 Å². The fraction of sp³-hybridized carbons (Fsp3) is 0.652. The van der Waals surface area contributed by atoms with Gasteiger partial charge in [-0.3, -0.25) is 9.59 Å². The smallest absolute Gasteiger partial charge is 0.257 e. The topological polar surface area (TPSA) is 96.0 Å². The van der Waals surface area contributed by atoms with E-state index in [0.717, 1.165) is 38.5 Å². The van der Waals surface area contributed by atoms with E-state index in [1.54, 1.807) is 11.0 Å². The van der Waals surface area contributed by atoms with Crippen molar-refractivity contribution in [2.24, 2.45) is 5.92 Å². The monoisotopic (exact) mass is 465 g/mol. The Labute approximate surface area is 191 Å². The SMILES string of the molecule is COc1ccc(S(=O)(=O)N2CCCCCC2)cc1C(=O)N1CCCC(NC(=O)C(C)C)C1. The molecule has 1 aromatic rings.